The fraction of sp³-hybridized carbons (Fsp3) is 0.581. The molecule has 210 valence electrons. The van der Waals surface area contributed by atoms with Crippen molar-refractivity contribution in [2.75, 3.05) is 13.7 Å². The molecule has 2 fully saturated rings. The Hall–Kier alpha value is -2.44. The summed E-state index contributed by atoms with van der Waals surface area (Å²) >= 11 is 5.95. The molecule has 6 nitrogen and oxygen atoms in total. The number of pyridine rings is 1. The molecule has 0 unspecified atom stereocenters. The van der Waals surface area contributed by atoms with Crippen molar-refractivity contribution in [1.82, 2.24) is 4.98 Å². The highest BCUT2D eigenvalue weighted by molar-refractivity contribution is 6.31. The van der Waals surface area contributed by atoms with Crippen LogP contribution < -0.4 is 4.74 Å². The van der Waals surface area contributed by atoms with Gasteiger partial charge in [-0.3, -0.25) is 0 Å². The molecular weight excluding hydrogens is 500 g/mol. The van der Waals surface area contributed by atoms with E-state index in [9.17, 15) is 9.90 Å². The lowest BCUT2D eigenvalue weighted by Gasteiger charge is -2.35. The molecule has 38 heavy (non-hydrogen) atoms. The lowest BCUT2D eigenvalue weighted by atomic mass is 9.69. The van der Waals surface area contributed by atoms with Crippen LogP contribution in [0.4, 0.5) is 0 Å². The van der Waals surface area contributed by atoms with Gasteiger partial charge in [-0.25, -0.2) is 4.98 Å². The van der Waals surface area contributed by atoms with E-state index in [1.165, 1.54) is 50.5 Å². The molecule has 0 bridgehead atoms. The summed E-state index contributed by atoms with van der Waals surface area (Å²) in [4.78, 5) is 14.3. The van der Waals surface area contributed by atoms with Gasteiger partial charge in [-0.05, 0) is 85.8 Å². The minimum Gasteiger partial charge on any atom is -0.507 e. The van der Waals surface area contributed by atoms with E-state index >= 15 is 0 Å². The molecule has 0 spiro atoms. The topological polar surface area (TPSA) is 92.5 Å². The summed E-state index contributed by atoms with van der Waals surface area (Å²) in [6, 6.07) is 5.57. The summed E-state index contributed by atoms with van der Waals surface area (Å²) in [5.41, 5.74) is 4.62. The monoisotopic (exact) mass is 544 g/mol. The van der Waals surface area contributed by atoms with Gasteiger partial charge in [0.05, 0.1) is 12.7 Å². The normalized spacial score (nSPS) is 16.0. The second-order valence-electron chi connectivity index (χ2n) is 11.1. The number of phenolic OH excluding ortho intramolecular Hbond substituents is 1. The van der Waals surface area contributed by atoms with Crippen LogP contribution in [0.2, 0.25) is 5.02 Å². The number of ether oxygens (including phenoxy) is 2. The molecule has 0 saturated heterocycles. The lowest BCUT2D eigenvalue weighted by molar-refractivity contribution is -0.107. The smallest absolute Gasteiger partial charge is 0.232 e. The summed E-state index contributed by atoms with van der Waals surface area (Å²) in [6.07, 6.45) is 12.3. The Morgan fingerprint density at radius 2 is 1.89 bits per heavy atom. The van der Waals surface area contributed by atoms with Crippen molar-refractivity contribution in [2.24, 2.45) is 5.92 Å². The molecule has 2 aliphatic rings. The highest BCUT2D eigenvalue weighted by atomic mass is 35.5. The van der Waals surface area contributed by atoms with E-state index < -0.39 is 0 Å². The quantitative estimate of drug-likeness (QED) is 0.263. The van der Waals surface area contributed by atoms with Crippen molar-refractivity contribution < 1.29 is 19.4 Å². The molecule has 7 heteroatoms. The number of halogens is 1. The first kappa shape index (κ1) is 31.8. The molecule has 2 saturated carbocycles. The zero-order valence-corrected chi connectivity index (χ0v) is 24.7. The van der Waals surface area contributed by atoms with Crippen LogP contribution in [0, 0.1) is 18.3 Å². The first-order valence-corrected chi connectivity index (χ1v) is 14.0. The fourth-order valence-corrected chi connectivity index (χ4v) is 4.82. The molecule has 0 radical (unpaired) electrons. The molecule has 2 N–H and O–H groups in total. The predicted octanol–water partition coefficient (Wildman–Crippen LogP) is 7.62. The summed E-state index contributed by atoms with van der Waals surface area (Å²) in [5, 5.41) is 18.1. The van der Waals surface area contributed by atoms with Crippen molar-refractivity contribution in [3.05, 3.63) is 51.7 Å². The van der Waals surface area contributed by atoms with Crippen LogP contribution in [0.5, 0.6) is 11.6 Å². The third-order valence-electron chi connectivity index (χ3n) is 6.95. The van der Waals surface area contributed by atoms with Gasteiger partial charge >= 0.3 is 0 Å². The van der Waals surface area contributed by atoms with E-state index in [0.717, 1.165) is 17.4 Å². The van der Waals surface area contributed by atoms with Crippen molar-refractivity contribution in [1.29, 1.82) is 5.41 Å². The zero-order chi connectivity index (χ0) is 28.3. The zero-order valence-electron chi connectivity index (χ0n) is 23.9. The van der Waals surface area contributed by atoms with E-state index in [2.05, 4.69) is 32.7 Å². The Balaban J connectivity index is 0.000000228. The maximum absolute atomic E-state index is 10.3. The Bertz CT molecular complexity index is 1060. The first-order chi connectivity index (χ1) is 18.0. The number of nitrogens with zero attached hydrogens (tertiary/aromatic N) is 1. The van der Waals surface area contributed by atoms with Gasteiger partial charge in [-0.15, -0.1) is 0 Å². The maximum Gasteiger partial charge on any atom is 0.232 e. The molecule has 1 aromatic heterocycles. The van der Waals surface area contributed by atoms with Crippen LogP contribution in [-0.4, -0.2) is 41.9 Å². The van der Waals surface area contributed by atoms with Gasteiger partial charge in [0, 0.05) is 31.0 Å². The van der Waals surface area contributed by atoms with Gasteiger partial charge < -0.3 is 24.8 Å². The minimum atomic E-state index is 0.222. The van der Waals surface area contributed by atoms with Crippen LogP contribution >= 0.6 is 11.6 Å². The fourth-order valence-electron chi connectivity index (χ4n) is 4.57. The van der Waals surface area contributed by atoms with Crippen LogP contribution in [0.15, 0.2) is 24.4 Å². The molecule has 2 aliphatic carbocycles. The lowest BCUT2D eigenvalue weighted by Crippen LogP contribution is -2.26. The first-order valence-electron chi connectivity index (χ1n) is 13.6. The molecule has 0 amide bonds. The number of hydrogen-bond acceptors (Lipinski definition) is 6. The second kappa shape index (κ2) is 15.2. The number of carbonyl (C=O) groups excluding carboxylic acids is 1. The summed E-state index contributed by atoms with van der Waals surface area (Å²) in [5.74, 6) is 1.10. The summed E-state index contributed by atoms with van der Waals surface area (Å²) in [6.45, 7) is 10.8. The number of aldehydes is 1. The SMILES string of the molecule is CC(=N)c1cc(C2(C)CCCCC2)c(C)cc1O.CC(C)COc1ncc(CC=O)cc1Cl.COC1CC1. The number of nitrogens with one attached hydrogen (secondary N) is 1. The number of carbonyl (C=O) groups is 1. The van der Waals surface area contributed by atoms with Crippen molar-refractivity contribution in [2.45, 2.75) is 97.5 Å². The average molecular weight is 545 g/mol. The van der Waals surface area contributed by atoms with Gasteiger partial charge in [-0.2, -0.15) is 0 Å². The third-order valence-corrected chi connectivity index (χ3v) is 7.22. The number of aromatic hydroxyl groups is 1. The molecular formula is C31H45ClN2O4. The predicted molar refractivity (Wildman–Crippen MR) is 155 cm³/mol. The van der Waals surface area contributed by atoms with Gasteiger partial charge in [0.25, 0.3) is 0 Å². The summed E-state index contributed by atoms with van der Waals surface area (Å²) in [7, 11) is 1.76. The van der Waals surface area contributed by atoms with Crippen LogP contribution in [0.25, 0.3) is 0 Å². The number of benzene rings is 1. The number of rotatable bonds is 8. The van der Waals surface area contributed by atoms with Gasteiger partial charge in [0.2, 0.25) is 5.88 Å². The van der Waals surface area contributed by atoms with E-state index in [4.69, 9.17) is 26.5 Å². The summed E-state index contributed by atoms with van der Waals surface area (Å²) < 4.78 is 10.3. The van der Waals surface area contributed by atoms with Crippen molar-refractivity contribution in [3.63, 3.8) is 0 Å². The standard InChI is InChI=1S/C16H23NO.C11H14ClNO2.C4H8O/c1-11-9-15(18)13(12(2)17)10-14(11)16(3)7-5-4-6-8-16;1-8(2)7-15-11-10(12)5-9(3-4-14)6-13-11;1-5-4-2-3-4/h9-10,17-18H,4-8H2,1-3H3;4-6,8H,3,7H2,1-2H3;4H,2-3H2,1H3. The highest BCUT2D eigenvalue weighted by Gasteiger charge is 2.30. The Kier molecular flexibility index (Phi) is 12.7. The van der Waals surface area contributed by atoms with E-state index in [-0.39, 0.29) is 11.2 Å². The van der Waals surface area contributed by atoms with Crippen LogP contribution in [0.1, 0.15) is 94.9 Å². The van der Waals surface area contributed by atoms with Gasteiger partial charge in [0.1, 0.15) is 17.1 Å². The molecule has 2 aromatic rings. The van der Waals surface area contributed by atoms with Crippen LogP contribution in [-0.2, 0) is 21.4 Å². The maximum atomic E-state index is 10.3. The van der Waals surface area contributed by atoms with E-state index in [0.29, 0.717) is 47.2 Å². The molecule has 0 atom stereocenters. The van der Waals surface area contributed by atoms with E-state index in [1.807, 2.05) is 12.1 Å². The number of hydrogen-bond donors (Lipinski definition) is 2. The van der Waals surface area contributed by atoms with Crippen molar-refractivity contribution in [3.8, 4) is 11.6 Å². The van der Waals surface area contributed by atoms with Crippen LogP contribution in [0.3, 0.4) is 0 Å². The minimum absolute atomic E-state index is 0.222. The number of aryl methyl sites for hydroxylation is 1. The average Bonchev–Trinajstić information content (AvgIpc) is 3.69. The Labute approximate surface area is 233 Å². The number of phenols is 1. The molecule has 4 rings (SSSR count). The van der Waals surface area contributed by atoms with E-state index in [1.54, 1.807) is 26.3 Å². The highest BCUT2D eigenvalue weighted by Crippen LogP contribution is 2.42. The van der Waals surface area contributed by atoms with Gasteiger partial charge in [-0.1, -0.05) is 51.6 Å². The third kappa shape index (κ3) is 10.0. The number of aromatic nitrogens is 1. The molecule has 1 heterocycles. The molecule has 1 aromatic carbocycles. The van der Waals surface area contributed by atoms with Gasteiger partial charge in [0.15, 0.2) is 0 Å². The number of methoxy groups -OCH3 is 1. The second-order valence-corrected chi connectivity index (χ2v) is 11.5. The molecule has 0 aliphatic heterocycles. The largest absolute Gasteiger partial charge is 0.507 e. The Morgan fingerprint density at radius 3 is 2.37 bits per heavy atom. The Morgan fingerprint density at radius 1 is 1.24 bits per heavy atom. The van der Waals surface area contributed by atoms with Crippen molar-refractivity contribution >= 4 is 23.6 Å².